The van der Waals surface area contributed by atoms with E-state index in [1.165, 1.54) is 9.56 Å². The summed E-state index contributed by atoms with van der Waals surface area (Å²) in [7, 11) is 0. The number of aryl methyl sites for hydroxylation is 3. The van der Waals surface area contributed by atoms with Crippen LogP contribution in [0.15, 0.2) is 53.9 Å². The highest BCUT2D eigenvalue weighted by molar-refractivity contribution is 7.09. The molecule has 0 N–H and O–H groups in total. The van der Waals surface area contributed by atoms with Crippen molar-refractivity contribution in [1.82, 2.24) is 24.8 Å². The van der Waals surface area contributed by atoms with E-state index in [0.29, 0.717) is 11.4 Å². The van der Waals surface area contributed by atoms with Crippen LogP contribution in [0.3, 0.4) is 0 Å². The molecule has 0 aliphatic rings. The lowest BCUT2D eigenvalue weighted by Crippen LogP contribution is -2.19. The van der Waals surface area contributed by atoms with Crippen molar-refractivity contribution in [3.63, 3.8) is 0 Å². The van der Waals surface area contributed by atoms with Crippen LogP contribution in [-0.2, 0) is 22.5 Å². The van der Waals surface area contributed by atoms with Crippen LogP contribution in [0.1, 0.15) is 38.0 Å². The highest BCUT2D eigenvalue weighted by Crippen LogP contribution is 2.19. The van der Waals surface area contributed by atoms with Crippen molar-refractivity contribution in [2.45, 2.75) is 33.7 Å². The van der Waals surface area contributed by atoms with Gasteiger partial charge in [0.25, 0.3) is 0 Å². The minimum absolute atomic E-state index is 0.128. The second kappa shape index (κ2) is 10.4. The van der Waals surface area contributed by atoms with Crippen molar-refractivity contribution < 1.29 is 14.3 Å². The summed E-state index contributed by atoms with van der Waals surface area (Å²) in [6, 6.07) is 15.3. The third-order valence-corrected chi connectivity index (χ3v) is 6.47. The Morgan fingerprint density at radius 2 is 1.88 bits per heavy atom. The molecule has 4 rings (SSSR count). The first-order valence-electron chi connectivity index (χ1n) is 10.9. The molecule has 1 aromatic carbocycles. The van der Waals surface area contributed by atoms with Gasteiger partial charge in [0, 0.05) is 28.4 Å². The van der Waals surface area contributed by atoms with Crippen LogP contribution < -0.4 is 0 Å². The van der Waals surface area contributed by atoms with Gasteiger partial charge in [-0.05, 0) is 66.8 Å². The second-order valence-electron chi connectivity index (χ2n) is 7.84. The number of carbonyl (C=O) groups is 2. The Labute approximate surface area is 201 Å². The van der Waals surface area contributed by atoms with Gasteiger partial charge in [0.2, 0.25) is 5.78 Å². The SMILES string of the molecule is Cc1nnnn1/C(=C\c1ccccc1)C(=O)OCC(=O)c1cc(C)n(CCc2cccs2)c1C. The number of hydrogen-bond donors (Lipinski definition) is 0. The monoisotopic (exact) mass is 475 g/mol. The molecule has 0 saturated heterocycles. The van der Waals surface area contributed by atoms with Crippen LogP contribution in [0, 0.1) is 20.8 Å². The Kier molecular flexibility index (Phi) is 7.12. The lowest BCUT2D eigenvalue weighted by atomic mass is 10.1. The first kappa shape index (κ1) is 23.3. The number of carbonyl (C=O) groups excluding carboxylic acids is 2. The number of tetrazole rings is 1. The minimum atomic E-state index is -0.681. The molecule has 34 heavy (non-hydrogen) atoms. The fourth-order valence-electron chi connectivity index (χ4n) is 3.76. The average Bonchev–Trinajstić information content (AvgIpc) is 3.57. The van der Waals surface area contributed by atoms with E-state index in [0.717, 1.165) is 29.9 Å². The van der Waals surface area contributed by atoms with Gasteiger partial charge in [-0.15, -0.1) is 16.4 Å². The standard InChI is InChI=1S/C25H25N5O3S/c1-17-14-22(18(2)29(17)12-11-21-10-7-13-34-21)24(31)16-33-25(32)23(30-19(3)26-27-28-30)15-20-8-5-4-6-9-20/h4-10,13-15H,11-12,16H2,1-3H3/b23-15-. The Morgan fingerprint density at radius 1 is 1.09 bits per heavy atom. The van der Waals surface area contributed by atoms with Crippen molar-refractivity contribution in [2.75, 3.05) is 6.61 Å². The van der Waals surface area contributed by atoms with Crippen molar-refractivity contribution in [1.29, 1.82) is 0 Å². The predicted octanol–water partition coefficient (Wildman–Crippen LogP) is 4.13. The molecule has 4 aromatic rings. The molecule has 9 heteroatoms. The Balaban J connectivity index is 1.48. The maximum absolute atomic E-state index is 13.0. The van der Waals surface area contributed by atoms with Crippen molar-refractivity contribution in [3.05, 3.63) is 87.1 Å². The molecule has 0 fully saturated rings. The fourth-order valence-corrected chi connectivity index (χ4v) is 4.45. The Bertz CT molecular complexity index is 1320. The zero-order chi connectivity index (χ0) is 24.1. The maximum Gasteiger partial charge on any atom is 0.357 e. The zero-order valence-corrected chi connectivity index (χ0v) is 20.1. The van der Waals surface area contributed by atoms with E-state index < -0.39 is 5.97 Å². The van der Waals surface area contributed by atoms with Crippen molar-refractivity contribution >= 4 is 34.9 Å². The summed E-state index contributed by atoms with van der Waals surface area (Å²) in [5, 5.41) is 13.4. The maximum atomic E-state index is 13.0. The van der Waals surface area contributed by atoms with Crippen molar-refractivity contribution in [3.8, 4) is 0 Å². The highest BCUT2D eigenvalue weighted by Gasteiger charge is 2.21. The molecule has 0 bridgehead atoms. The molecule has 0 aliphatic carbocycles. The van der Waals surface area contributed by atoms with Crippen LogP contribution in [0.4, 0.5) is 0 Å². The number of hydrogen-bond acceptors (Lipinski definition) is 7. The van der Waals surface area contributed by atoms with E-state index in [1.54, 1.807) is 24.3 Å². The first-order valence-corrected chi connectivity index (χ1v) is 11.7. The van der Waals surface area contributed by atoms with Gasteiger partial charge in [0.05, 0.1) is 0 Å². The van der Waals surface area contributed by atoms with E-state index in [2.05, 4.69) is 31.5 Å². The number of Topliss-reactive ketones (excluding diaryl/α,β-unsaturated/α-hetero) is 1. The molecule has 8 nitrogen and oxygen atoms in total. The van der Waals surface area contributed by atoms with E-state index >= 15 is 0 Å². The molecule has 0 spiro atoms. The fraction of sp³-hybridized carbons (Fsp3) is 0.240. The first-order chi connectivity index (χ1) is 16.4. The van der Waals surface area contributed by atoms with Crippen LogP contribution in [-0.4, -0.2) is 43.1 Å². The number of nitrogens with zero attached hydrogens (tertiary/aromatic N) is 5. The number of esters is 1. The van der Waals surface area contributed by atoms with Gasteiger partial charge in [-0.25, -0.2) is 4.79 Å². The van der Waals surface area contributed by atoms with Crippen LogP contribution in [0.25, 0.3) is 11.8 Å². The predicted molar refractivity (Wildman–Crippen MR) is 130 cm³/mol. The van der Waals surface area contributed by atoms with E-state index in [4.69, 9.17) is 4.74 Å². The van der Waals surface area contributed by atoms with E-state index in [1.807, 2.05) is 56.3 Å². The minimum Gasteiger partial charge on any atom is -0.453 e. The normalized spacial score (nSPS) is 11.6. The summed E-state index contributed by atoms with van der Waals surface area (Å²) < 4.78 is 8.84. The van der Waals surface area contributed by atoms with Crippen LogP contribution >= 0.6 is 11.3 Å². The van der Waals surface area contributed by atoms with Gasteiger partial charge in [0.15, 0.2) is 18.1 Å². The second-order valence-corrected chi connectivity index (χ2v) is 8.88. The largest absolute Gasteiger partial charge is 0.453 e. The number of ketones is 1. The smallest absolute Gasteiger partial charge is 0.357 e. The van der Waals surface area contributed by atoms with Gasteiger partial charge in [-0.2, -0.15) is 4.68 Å². The number of ether oxygens (including phenoxy) is 1. The molecule has 174 valence electrons. The molecule has 0 amide bonds. The lowest BCUT2D eigenvalue weighted by molar-refractivity contribution is -0.136. The number of thiophene rings is 1. The molecule has 0 atom stereocenters. The molecule has 3 heterocycles. The van der Waals surface area contributed by atoms with Gasteiger partial charge in [-0.3, -0.25) is 4.79 Å². The van der Waals surface area contributed by atoms with Crippen LogP contribution in [0.2, 0.25) is 0 Å². The number of aromatic nitrogens is 5. The Hall–Kier alpha value is -3.85. The molecule has 3 aromatic heterocycles. The van der Waals surface area contributed by atoms with Crippen molar-refractivity contribution in [2.24, 2.45) is 0 Å². The van der Waals surface area contributed by atoms with Gasteiger partial charge in [0.1, 0.15) is 0 Å². The van der Waals surface area contributed by atoms with E-state index in [9.17, 15) is 9.59 Å². The summed E-state index contributed by atoms with van der Waals surface area (Å²) in [6.45, 7) is 5.99. The summed E-state index contributed by atoms with van der Waals surface area (Å²) in [5.41, 5.74) is 3.33. The molecular formula is C25H25N5O3S. The topological polar surface area (TPSA) is 91.9 Å². The lowest BCUT2D eigenvalue weighted by Gasteiger charge is -2.10. The molecule has 0 radical (unpaired) electrons. The third kappa shape index (κ3) is 5.20. The highest BCUT2D eigenvalue weighted by atomic mass is 32.1. The quantitative estimate of drug-likeness (QED) is 0.205. The summed E-state index contributed by atoms with van der Waals surface area (Å²) in [4.78, 5) is 27.2. The summed E-state index contributed by atoms with van der Waals surface area (Å²) in [5.74, 6) is -0.504. The average molecular weight is 476 g/mol. The Morgan fingerprint density at radius 3 is 2.56 bits per heavy atom. The van der Waals surface area contributed by atoms with Gasteiger partial charge in [-0.1, -0.05) is 36.4 Å². The molecular weight excluding hydrogens is 450 g/mol. The number of rotatable bonds is 9. The van der Waals surface area contributed by atoms with Gasteiger partial charge >= 0.3 is 5.97 Å². The summed E-state index contributed by atoms with van der Waals surface area (Å²) in [6.07, 6.45) is 2.53. The number of benzene rings is 1. The van der Waals surface area contributed by atoms with Gasteiger partial charge < -0.3 is 9.30 Å². The zero-order valence-electron chi connectivity index (χ0n) is 19.3. The van der Waals surface area contributed by atoms with Crippen LogP contribution in [0.5, 0.6) is 0 Å². The third-order valence-electron chi connectivity index (χ3n) is 5.54. The molecule has 0 unspecified atom stereocenters. The van der Waals surface area contributed by atoms with E-state index in [-0.39, 0.29) is 18.1 Å². The molecule has 0 saturated carbocycles. The molecule has 0 aliphatic heterocycles. The summed E-state index contributed by atoms with van der Waals surface area (Å²) >= 11 is 1.72.